The number of amides is 1. The predicted octanol–water partition coefficient (Wildman–Crippen LogP) is 3.04. The van der Waals surface area contributed by atoms with Crippen LogP contribution in [0.5, 0.6) is 0 Å². The zero-order valence-electron chi connectivity index (χ0n) is 18.7. The molecule has 0 fully saturated rings. The number of carbonyl (C=O) groups excluding carboxylic acids is 1. The van der Waals surface area contributed by atoms with Crippen molar-refractivity contribution in [2.75, 3.05) is 34.2 Å². The lowest BCUT2D eigenvalue weighted by atomic mass is 10.1. The Kier molecular flexibility index (Phi) is 10.9. The molecule has 0 radical (unpaired) electrons. The van der Waals surface area contributed by atoms with E-state index in [1.54, 1.807) is 19.0 Å². The van der Waals surface area contributed by atoms with Crippen molar-refractivity contribution in [2.45, 2.75) is 52.7 Å². The Bertz CT molecular complexity index is 651. The minimum Gasteiger partial charge on any atom is -0.444 e. The van der Waals surface area contributed by atoms with Crippen LogP contribution >= 0.6 is 24.0 Å². The Hall–Kier alpha value is -1.52. The summed E-state index contributed by atoms with van der Waals surface area (Å²) < 4.78 is 7.21. The van der Waals surface area contributed by atoms with Crippen molar-refractivity contribution in [2.24, 2.45) is 12.0 Å². The van der Waals surface area contributed by atoms with Crippen LogP contribution in [-0.2, 0) is 18.3 Å². The van der Waals surface area contributed by atoms with Gasteiger partial charge in [0.15, 0.2) is 5.96 Å². The molecule has 1 aromatic rings. The SMILES string of the molecule is CN=C(NCCN(C)C(=O)OC(C)(C)C)N(C)Cc1cn(C)nc1C(C)C.I. The molecule has 0 aliphatic heterocycles. The molecule has 0 bridgehead atoms. The van der Waals surface area contributed by atoms with Crippen LogP contribution < -0.4 is 5.32 Å². The van der Waals surface area contributed by atoms with E-state index in [4.69, 9.17) is 4.74 Å². The Balaban J connectivity index is 0.00000729. The average Bonchev–Trinajstić information content (AvgIpc) is 2.90. The van der Waals surface area contributed by atoms with Gasteiger partial charge in [-0.25, -0.2) is 4.79 Å². The number of halogens is 1. The highest BCUT2D eigenvalue weighted by Gasteiger charge is 2.19. The van der Waals surface area contributed by atoms with E-state index in [0.717, 1.165) is 11.7 Å². The second kappa shape index (κ2) is 11.5. The lowest BCUT2D eigenvalue weighted by molar-refractivity contribution is 0.0302. The molecular formula is C19H37IN6O2. The van der Waals surface area contributed by atoms with E-state index in [1.165, 1.54) is 5.56 Å². The molecule has 1 N–H and O–H groups in total. The number of likely N-dealkylation sites (N-methyl/N-ethyl adjacent to an activating group) is 1. The van der Waals surface area contributed by atoms with Gasteiger partial charge in [-0.05, 0) is 26.7 Å². The van der Waals surface area contributed by atoms with Crippen molar-refractivity contribution in [3.05, 3.63) is 17.5 Å². The first kappa shape index (κ1) is 26.5. The molecule has 0 spiro atoms. The van der Waals surface area contributed by atoms with Crippen molar-refractivity contribution in [1.29, 1.82) is 0 Å². The van der Waals surface area contributed by atoms with Gasteiger partial charge >= 0.3 is 6.09 Å². The molecule has 28 heavy (non-hydrogen) atoms. The number of carbonyl (C=O) groups is 1. The maximum absolute atomic E-state index is 12.0. The summed E-state index contributed by atoms with van der Waals surface area (Å²) in [5.41, 5.74) is 1.79. The first-order chi connectivity index (χ1) is 12.4. The number of hydrogen-bond acceptors (Lipinski definition) is 4. The van der Waals surface area contributed by atoms with E-state index in [2.05, 4.69) is 40.4 Å². The zero-order valence-corrected chi connectivity index (χ0v) is 21.1. The first-order valence-electron chi connectivity index (χ1n) is 9.33. The summed E-state index contributed by atoms with van der Waals surface area (Å²) in [5, 5.41) is 7.85. The Labute approximate surface area is 186 Å². The molecule has 9 heteroatoms. The van der Waals surface area contributed by atoms with Gasteiger partial charge in [0.2, 0.25) is 0 Å². The van der Waals surface area contributed by atoms with Crippen molar-refractivity contribution in [1.82, 2.24) is 24.9 Å². The molecule has 0 atom stereocenters. The van der Waals surface area contributed by atoms with Crippen LogP contribution in [0, 0.1) is 0 Å². The van der Waals surface area contributed by atoms with Gasteiger partial charge in [-0.2, -0.15) is 5.10 Å². The van der Waals surface area contributed by atoms with Gasteiger partial charge in [-0.15, -0.1) is 24.0 Å². The van der Waals surface area contributed by atoms with Crippen LogP contribution in [0.2, 0.25) is 0 Å². The van der Waals surface area contributed by atoms with E-state index in [9.17, 15) is 4.79 Å². The molecule has 0 saturated heterocycles. The van der Waals surface area contributed by atoms with Crippen LogP contribution in [0.15, 0.2) is 11.2 Å². The van der Waals surface area contributed by atoms with Gasteiger partial charge in [0, 0.05) is 59.6 Å². The van der Waals surface area contributed by atoms with Gasteiger partial charge in [0.05, 0.1) is 5.69 Å². The minimum absolute atomic E-state index is 0. The predicted molar refractivity (Wildman–Crippen MR) is 124 cm³/mol. The smallest absolute Gasteiger partial charge is 0.410 e. The zero-order chi connectivity index (χ0) is 20.8. The maximum Gasteiger partial charge on any atom is 0.410 e. The Morgan fingerprint density at radius 3 is 2.43 bits per heavy atom. The topological polar surface area (TPSA) is 75.0 Å². The van der Waals surface area contributed by atoms with E-state index < -0.39 is 5.60 Å². The number of nitrogens with one attached hydrogen (secondary N) is 1. The van der Waals surface area contributed by atoms with E-state index >= 15 is 0 Å². The lowest BCUT2D eigenvalue weighted by Crippen LogP contribution is -2.43. The normalized spacial score (nSPS) is 11.9. The van der Waals surface area contributed by atoms with Crippen LogP contribution in [0.3, 0.4) is 0 Å². The molecule has 0 aliphatic carbocycles. The molecule has 1 aromatic heterocycles. The fourth-order valence-corrected chi connectivity index (χ4v) is 2.64. The summed E-state index contributed by atoms with van der Waals surface area (Å²) >= 11 is 0. The van der Waals surface area contributed by atoms with Gasteiger partial charge in [-0.3, -0.25) is 9.67 Å². The minimum atomic E-state index is -0.493. The molecule has 1 amide bonds. The number of nitrogens with zero attached hydrogens (tertiary/aromatic N) is 5. The number of aliphatic imine (C=N–C) groups is 1. The summed E-state index contributed by atoms with van der Waals surface area (Å²) in [7, 11) is 7.41. The summed E-state index contributed by atoms with van der Waals surface area (Å²) in [4.78, 5) is 20.0. The molecule has 0 aromatic carbocycles. The number of ether oxygens (including phenoxy) is 1. The van der Waals surface area contributed by atoms with Crippen molar-refractivity contribution in [3.63, 3.8) is 0 Å². The van der Waals surface area contributed by atoms with Crippen molar-refractivity contribution in [3.8, 4) is 0 Å². The molecule has 0 unspecified atom stereocenters. The number of hydrogen-bond donors (Lipinski definition) is 1. The molecule has 0 aliphatic rings. The Morgan fingerprint density at radius 1 is 1.32 bits per heavy atom. The largest absolute Gasteiger partial charge is 0.444 e. The van der Waals surface area contributed by atoms with Gasteiger partial charge in [0.25, 0.3) is 0 Å². The van der Waals surface area contributed by atoms with Crippen LogP contribution in [0.4, 0.5) is 4.79 Å². The molecule has 1 heterocycles. The van der Waals surface area contributed by atoms with Crippen LogP contribution in [0.25, 0.3) is 0 Å². The highest BCUT2D eigenvalue weighted by molar-refractivity contribution is 14.0. The second-order valence-electron chi connectivity index (χ2n) is 8.10. The highest BCUT2D eigenvalue weighted by atomic mass is 127. The lowest BCUT2D eigenvalue weighted by Gasteiger charge is -2.26. The molecule has 162 valence electrons. The molecule has 1 rings (SSSR count). The summed E-state index contributed by atoms with van der Waals surface area (Å²) in [5.74, 6) is 1.14. The fraction of sp³-hybridized carbons (Fsp3) is 0.737. The quantitative estimate of drug-likeness (QED) is 0.363. The van der Waals surface area contributed by atoms with Gasteiger partial charge < -0.3 is 19.9 Å². The Morgan fingerprint density at radius 2 is 1.93 bits per heavy atom. The maximum atomic E-state index is 12.0. The van der Waals surface area contributed by atoms with Gasteiger partial charge in [-0.1, -0.05) is 13.8 Å². The van der Waals surface area contributed by atoms with Crippen LogP contribution in [-0.4, -0.2) is 71.5 Å². The third kappa shape index (κ3) is 8.66. The third-order valence-electron chi connectivity index (χ3n) is 3.90. The third-order valence-corrected chi connectivity index (χ3v) is 3.90. The second-order valence-corrected chi connectivity index (χ2v) is 8.10. The van der Waals surface area contributed by atoms with Gasteiger partial charge in [0.1, 0.15) is 5.60 Å². The summed E-state index contributed by atoms with van der Waals surface area (Å²) in [6.07, 6.45) is 1.72. The number of rotatable bonds is 6. The highest BCUT2D eigenvalue weighted by Crippen LogP contribution is 2.18. The standard InChI is InChI=1S/C19H36N6O2.HI/c1-14(2)16-15(13-25(9)22-16)12-24(8)17(20-6)21-10-11-23(7)18(26)27-19(3,4)5;/h13-14H,10-12H2,1-9H3,(H,20,21);1H. The van der Waals surface area contributed by atoms with E-state index in [0.29, 0.717) is 25.6 Å². The summed E-state index contributed by atoms with van der Waals surface area (Å²) in [6, 6.07) is 0. The summed E-state index contributed by atoms with van der Waals surface area (Å²) in [6.45, 7) is 11.7. The van der Waals surface area contributed by atoms with Crippen molar-refractivity contribution >= 4 is 36.0 Å². The number of guanidine groups is 1. The fourth-order valence-electron chi connectivity index (χ4n) is 2.64. The molecule has 8 nitrogen and oxygen atoms in total. The average molecular weight is 508 g/mol. The number of aryl methyl sites for hydroxylation is 1. The van der Waals surface area contributed by atoms with Crippen molar-refractivity contribution < 1.29 is 9.53 Å². The molecule has 0 saturated carbocycles. The van der Waals surface area contributed by atoms with E-state index in [1.807, 2.05) is 39.5 Å². The van der Waals surface area contributed by atoms with E-state index in [-0.39, 0.29) is 30.1 Å². The first-order valence-corrected chi connectivity index (χ1v) is 9.33. The molecular weight excluding hydrogens is 471 g/mol. The van der Waals surface area contributed by atoms with Crippen LogP contribution in [0.1, 0.15) is 51.8 Å². The number of aromatic nitrogens is 2. The monoisotopic (exact) mass is 508 g/mol.